The number of nitrogens with zero attached hydrogens (tertiary/aromatic N) is 3. The number of benzene rings is 2. The van der Waals surface area contributed by atoms with Gasteiger partial charge in [0.05, 0.1) is 17.6 Å². The van der Waals surface area contributed by atoms with Crippen LogP contribution in [-0.4, -0.2) is 20.9 Å². The molecule has 24 heavy (non-hydrogen) atoms. The number of hydrogen-bond donors (Lipinski definition) is 2. The van der Waals surface area contributed by atoms with E-state index in [9.17, 15) is 13.6 Å². The molecule has 122 valence electrons. The Kier molecular flexibility index (Phi) is 4.39. The molecule has 0 radical (unpaired) electrons. The van der Waals surface area contributed by atoms with E-state index >= 15 is 0 Å². The first kappa shape index (κ1) is 15.9. The van der Waals surface area contributed by atoms with Crippen LogP contribution in [0.2, 0.25) is 5.02 Å². The fourth-order valence-electron chi connectivity index (χ4n) is 1.88. The zero-order valence-corrected chi connectivity index (χ0v) is 12.8. The van der Waals surface area contributed by atoms with Gasteiger partial charge in [-0.05, 0) is 36.4 Å². The summed E-state index contributed by atoms with van der Waals surface area (Å²) in [5.74, 6) is -2.77. The molecule has 0 atom stereocenters. The molecule has 6 nitrogen and oxygen atoms in total. The molecule has 2 aromatic carbocycles. The van der Waals surface area contributed by atoms with E-state index in [1.165, 1.54) is 23.0 Å². The average Bonchev–Trinajstić information content (AvgIpc) is 3.07. The lowest BCUT2D eigenvalue weighted by atomic mass is 10.3. The van der Waals surface area contributed by atoms with Gasteiger partial charge in [-0.25, -0.2) is 13.5 Å². The van der Waals surface area contributed by atoms with Gasteiger partial charge in [-0.1, -0.05) is 22.9 Å². The van der Waals surface area contributed by atoms with Crippen LogP contribution in [0.4, 0.5) is 14.5 Å². The van der Waals surface area contributed by atoms with Crippen molar-refractivity contribution in [2.45, 2.75) is 0 Å². The number of rotatable bonds is 4. The molecule has 0 saturated carbocycles. The Morgan fingerprint density at radius 2 is 1.88 bits per heavy atom. The highest BCUT2D eigenvalue weighted by Gasteiger charge is 2.13. The van der Waals surface area contributed by atoms with Crippen LogP contribution in [0.25, 0.3) is 5.69 Å². The van der Waals surface area contributed by atoms with E-state index in [2.05, 4.69) is 21.2 Å². The van der Waals surface area contributed by atoms with E-state index < -0.39 is 17.5 Å². The summed E-state index contributed by atoms with van der Waals surface area (Å²) < 4.78 is 27.9. The van der Waals surface area contributed by atoms with Gasteiger partial charge in [0.2, 0.25) is 0 Å². The largest absolute Gasteiger partial charge is 0.295 e. The fraction of sp³-hybridized carbons (Fsp3) is 0. The normalized spacial score (nSPS) is 10.5. The van der Waals surface area contributed by atoms with Crippen molar-refractivity contribution in [2.24, 2.45) is 0 Å². The topological polar surface area (TPSA) is 71.8 Å². The van der Waals surface area contributed by atoms with E-state index in [0.29, 0.717) is 10.7 Å². The first-order valence-corrected chi connectivity index (χ1v) is 7.11. The minimum absolute atomic E-state index is 0.00531. The summed E-state index contributed by atoms with van der Waals surface area (Å²) in [6.07, 6.45) is 1.39. The van der Waals surface area contributed by atoms with Gasteiger partial charge in [0.15, 0.2) is 17.3 Å². The summed E-state index contributed by atoms with van der Waals surface area (Å²) in [4.78, 5) is 12.0. The molecule has 0 aliphatic rings. The van der Waals surface area contributed by atoms with Crippen LogP contribution in [0.3, 0.4) is 0 Å². The van der Waals surface area contributed by atoms with Gasteiger partial charge in [-0.3, -0.25) is 15.6 Å². The Balaban J connectivity index is 1.70. The number of amides is 1. The standard InChI is InChI=1S/C15H10ClF2N5O/c16-9-4-6-10(7-5-9)23-8-13(20-22-23)15(24)21-19-12-3-1-2-11(17)14(12)18/h1-8,19H,(H,21,24). The number of halogens is 3. The van der Waals surface area contributed by atoms with E-state index in [0.717, 1.165) is 6.07 Å². The van der Waals surface area contributed by atoms with Crippen molar-refractivity contribution in [1.82, 2.24) is 20.4 Å². The summed E-state index contributed by atoms with van der Waals surface area (Å²) in [6, 6.07) is 10.3. The number of nitrogens with one attached hydrogen (secondary N) is 2. The maximum atomic E-state index is 13.5. The van der Waals surface area contributed by atoms with Gasteiger partial charge in [-0.2, -0.15) is 0 Å². The van der Waals surface area contributed by atoms with Crippen molar-refractivity contribution in [2.75, 3.05) is 5.43 Å². The number of hydrogen-bond acceptors (Lipinski definition) is 4. The zero-order valence-electron chi connectivity index (χ0n) is 12.0. The molecule has 1 aromatic heterocycles. The highest BCUT2D eigenvalue weighted by atomic mass is 35.5. The molecule has 9 heteroatoms. The number of carbonyl (C=O) groups excluding carboxylic acids is 1. The fourth-order valence-corrected chi connectivity index (χ4v) is 2.00. The Bertz CT molecular complexity index is 882. The molecule has 0 bridgehead atoms. The second-order valence-corrected chi connectivity index (χ2v) is 5.14. The molecule has 0 unspecified atom stereocenters. The van der Waals surface area contributed by atoms with Crippen LogP contribution < -0.4 is 10.9 Å². The van der Waals surface area contributed by atoms with Crippen LogP contribution in [0.5, 0.6) is 0 Å². The lowest BCUT2D eigenvalue weighted by molar-refractivity contribution is 0.0957. The SMILES string of the molecule is O=C(NNc1cccc(F)c1F)c1cn(-c2ccc(Cl)cc2)nn1. The van der Waals surface area contributed by atoms with Gasteiger partial charge >= 0.3 is 0 Å². The van der Waals surface area contributed by atoms with Crippen LogP contribution in [0, 0.1) is 11.6 Å². The molecule has 0 fully saturated rings. The second-order valence-electron chi connectivity index (χ2n) is 4.71. The molecule has 0 spiro atoms. The first-order valence-electron chi connectivity index (χ1n) is 6.73. The van der Waals surface area contributed by atoms with Gasteiger partial charge < -0.3 is 0 Å². The third-order valence-corrected chi connectivity index (χ3v) is 3.33. The highest BCUT2D eigenvalue weighted by molar-refractivity contribution is 6.30. The summed E-state index contributed by atoms with van der Waals surface area (Å²) in [7, 11) is 0. The molecular formula is C15H10ClF2N5O. The second kappa shape index (κ2) is 6.63. The third kappa shape index (κ3) is 3.33. The minimum atomic E-state index is -1.09. The number of carbonyl (C=O) groups is 1. The molecule has 1 heterocycles. The number of anilines is 1. The maximum absolute atomic E-state index is 13.5. The lowest BCUT2D eigenvalue weighted by Crippen LogP contribution is -2.30. The Hall–Kier alpha value is -3.00. The predicted octanol–water partition coefficient (Wildman–Crippen LogP) is 2.96. The van der Waals surface area contributed by atoms with E-state index in [1.54, 1.807) is 24.3 Å². The highest BCUT2D eigenvalue weighted by Crippen LogP contribution is 2.16. The third-order valence-electron chi connectivity index (χ3n) is 3.08. The quantitative estimate of drug-likeness (QED) is 0.710. The Morgan fingerprint density at radius 1 is 1.12 bits per heavy atom. The van der Waals surface area contributed by atoms with Crippen molar-refractivity contribution >= 4 is 23.2 Å². The average molecular weight is 350 g/mol. The molecule has 2 N–H and O–H groups in total. The molecule has 0 aliphatic heterocycles. The van der Waals surface area contributed by atoms with Crippen molar-refractivity contribution in [3.63, 3.8) is 0 Å². The van der Waals surface area contributed by atoms with E-state index in [4.69, 9.17) is 11.6 Å². The summed E-state index contributed by atoms with van der Waals surface area (Å²) >= 11 is 5.80. The van der Waals surface area contributed by atoms with Crippen molar-refractivity contribution < 1.29 is 13.6 Å². The molecule has 0 saturated heterocycles. The molecule has 3 aromatic rings. The Morgan fingerprint density at radius 3 is 2.62 bits per heavy atom. The van der Waals surface area contributed by atoms with Crippen LogP contribution in [-0.2, 0) is 0 Å². The summed E-state index contributed by atoms with van der Waals surface area (Å²) in [5.41, 5.74) is 4.98. The maximum Gasteiger partial charge on any atom is 0.291 e. The first-order chi connectivity index (χ1) is 11.5. The van der Waals surface area contributed by atoms with Crippen molar-refractivity contribution in [3.05, 3.63) is 71.0 Å². The predicted molar refractivity (Wildman–Crippen MR) is 83.8 cm³/mol. The monoisotopic (exact) mass is 349 g/mol. The molecule has 1 amide bonds. The number of hydrazine groups is 1. The lowest BCUT2D eigenvalue weighted by Gasteiger charge is -2.08. The zero-order chi connectivity index (χ0) is 17.1. The van der Waals surface area contributed by atoms with Crippen molar-refractivity contribution in [3.8, 4) is 5.69 Å². The molecular weight excluding hydrogens is 340 g/mol. The molecule has 0 aliphatic carbocycles. The Labute approximate surface area is 140 Å². The van der Waals surface area contributed by atoms with Gasteiger partial charge in [0.1, 0.15) is 0 Å². The molecule has 3 rings (SSSR count). The smallest absolute Gasteiger partial charge is 0.291 e. The van der Waals surface area contributed by atoms with Crippen LogP contribution in [0.1, 0.15) is 10.5 Å². The van der Waals surface area contributed by atoms with Crippen molar-refractivity contribution in [1.29, 1.82) is 0 Å². The summed E-state index contributed by atoms with van der Waals surface area (Å²) in [5, 5.41) is 8.12. The van der Waals surface area contributed by atoms with Gasteiger partial charge in [0, 0.05) is 5.02 Å². The minimum Gasteiger partial charge on any atom is -0.295 e. The van der Waals surface area contributed by atoms with Gasteiger partial charge in [-0.15, -0.1) is 5.10 Å². The van der Waals surface area contributed by atoms with E-state index in [-0.39, 0.29) is 11.4 Å². The number of aromatic nitrogens is 3. The van der Waals surface area contributed by atoms with Gasteiger partial charge in [0.25, 0.3) is 5.91 Å². The van der Waals surface area contributed by atoms with Crippen LogP contribution in [0.15, 0.2) is 48.7 Å². The van der Waals surface area contributed by atoms with E-state index in [1.807, 2.05) is 0 Å². The summed E-state index contributed by atoms with van der Waals surface area (Å²) in [6.45, 7) is 0. The van der Waals surface area contributed by atoms with Crippen LogP contribution >= 0.6 is 11.6 Å².